The Morgan fingerprint density at radius 2 is 1.51 bits per heavy atom. The Morgan fingerprint density at radius 1 is 0.784 bits per heavy atom. The van der Waals surface area contributed by atoms with Gasteiger partial charge in [-0.05, 0) is 123 Å². The Balaban J connectivity index is 1.48. The van der Waals surface area contributed by atoms with Gasteiger partial charge in [-0.25, -0.2) is 0 Å². The summed E-state index contributed by atoms with van der Waals surface area (Å²) in [5, 5.41) is 0. The van der Waals surface area contributed by atoms with Gasteiger partial charge in [0.1, 0.15) is 0 Å². The molecule has 4 saturated carbocycles. The standard InChI is InChI=1S/C33H62N2O2/c1-23(2)9-6-10-24(3)28-13-14-29-27-12-11-25-21-26(36-19-7-17-34)22-31(37-20-8-18-35)33(25,5)30(27)15-16-32(28,29)4/h23-31H,6-22,34-35H2,1-5H3/t24-,25?,26?,27+,28-,29+,30+,31?,32-,33+/m1/s1. The summed E-state index contributed by atoms with van der Waals surface area (Å²) in [5.74, 6) is 6.00. The molecule has 0 heterocycles. The molecule has 4 nitrogen and oxygen atoms in total. The second kappa shape index (κ2) is 13.0. The van der Waals surface area contributed by atoms with Gasteiger partial charge in [0.2, 0.25) is 0 Å². The van der Waals surface area contributed by atoms with Gasteiger partial charge >= 0.3 is 0 Å². The smallest absolute Gasteiger partial charge is 0.0658 e. The van der Waals surface area contributed by atoms with Crippen molar-refractivity contribution in [3.05, 3.63) is 0 Å². The summed E-state index contributed by atoms with van der Waals surface area (Å²) in [6.07, 6.45) is 17.7. The highest BCUT2D eigenvalue weighted by molar-refractivity contribution is 5.12. The van der Waals surface area contributed by atoms with Gasteiger partial charge in [-0.3, -0.25) is 0 Å². The predicted molar refractivity (Wildman–Crippen MR) is 155 cm³/mol. The van der Waals surface area contributed by atoms with Crippen molar-refractivity contribution in [2.24, 2.45) is 63.7 Å². The molecule has 10 atom stereocenters. The number of fused-ring (bicyclic) bond motifs is 5. The summed E-state index contributed by atoms with van der Waals surface area (Å²) in [4.78, 5) is 0. The number of nitrogens with two attached hydrogens (primary N) is 2. The summed E-state index contributed by atoms with van der Waals surface area (Å²) < 4.78 is 13.1. The van der Waals surface area contributed by atoms with Crippen LogP contribution in [0.4, 0.5) is 0 Å². The van der Waals surface area contributed by atoms with Gasteiger partial charge in [0, 0.05) is 19.6 Å². The largest absolute Gasteiger partial charge is 0.378 e. The molecule has 37 heavy (non-hydrogen) atoms. The SMILES string of the molecule is CC(C)CCC[C@@H](C)[C@H]1CC[C@H]2[C@@H]3CCC4CC(OCCCN)CC(OCCCN)[C@]4(C)[C@H]3CC[C@]12C. The Kier molecular flexibility index (Phi) is 10.5. The minimum Gasteiger partial charge on any atom is -0.378 e. The third-order valence-corrected chi connectivity index (χ3v) is 12.3. The van der Waals surface area contributed by atoms with E-state index >= 15 is 0 Å². The molecule has 4 aliphatic rings. The van der Waals surface area contributed by atoms with Crippen molar-refractivity contribution in [2.75, 3.05) is 26.3 Å². The maximum Gasteiger partial charge on any atom is 0.0658 e. The highest BCUT2D eigenvalue weighted by Gasteiger charge is 2.63. The molecule has 4 rings (SSSR count). The third-order valence-electron chi connectivity index (χ3n) is 12.3. The van der Waals surface area contributed by atoms with Crippen molar-refractivity contribution >= 4 is 0 Å². The molecule has 3 unspecified atom stereocenters. The highest BCUT2D eigenvalue weighted by atomic mass is 16.5. The highest BCUT2D eigenvalue weighted by Crippen LogP contribution is 2.68. The minimum atomic E-state index is 0.285. The molecule has 0 saturated heterocycles. The van der Waals surface area contributed by atoms with E-state index in [1.54, 1.807) is 0 Å². The van der Waals surface area contributed by atoms with Crippen molar-refractivity contribution in [1.29, 1.82) is 0 Å². The van der Waals surface area contributed by atoms with Crippen LogP contribution in [0.2, 0.25) is 0 Å². The average molecular weight is 519 g/mol. The molecule has 4 aliphatic carbocycles. The second-order valence-electron chi connectivity index (χ2n) is 14.7. The van der Waals surface area contributed by atoms with Crippen molar-refractivity contribution in [1.82, 2.24) is 0 Å². The van der Waals surface area contributed by atoms with Gasteiger partial charge in [0.25, 0.3) is 0 Å². The van der Waals surface area contributed by atoms with E-state index in [2.05, 4.69) is 34.6 Å². The number of hydrogen-bond donors (Lipinski definition) is 2. The van der Waals surface area contributed by atoms with Crippen molar-refractivity contribution in [3.63, 3.8) is 0 Å². The maximum absolute atomic E-state index is 6.76. The monoisotopic (exact) mass is 518 g/mol. The van der Waals surface area contributed by atoms with Gasteiger partial charge in [-0.1, -0.05) is 53.9 Å². The number of rotatable bonds is 13. The first kappa shape index (κ1) is 29.8. The minimum absolute atomic E-state index is 0.285. The van der Waals surface area contributed by atoms with Gasteiger partial charge in [0.05, 0.1) is 12.2 Å². The molecule has 4 N–H and O–H groups in total. The lowest BCUT2D eigenvalue weighted by Crippen LogP contribution is -2.60. The first-order valence-electron chi connectivity index (χ1n) is 16.4. The lowest BCUT2D eigenvalue weighted by Gasteiger charge is -2.63. The van der Waals surface area contributed by atoms with Crippen LogP contribution in [0.1, 0.15) is 118 Å². The Morgan fingerprint density at radius 3 is 2.22 bits per heavy atom. The average Bonchev–Trinajstić information content (AvgIpc) is 3.22. The number of hydrogen-bond acceptors (Lipinski definition) is 4. The van der Waals surface area contributed by atoms with E-state index in [-0.39, 0.29) is 5.41 Å². The van der Waals surface area contributed by atoms with Crippen LogP contribution in [0.3, 0.4) is 0 Å². The van der Waals surface area contributed by atoms with E-state index in [4.69, 9.17) is 20.9 Å². The summed E-state index contributed by atoms with van der Waals surface area (Å²) in [7, 11) is 0. The zero-order valence-electron chi connectivity index (χ0n) is 25.2. The van der Waals surface area contributed by atoms with Crippen LogP contribution < -0.4 is 11.5 Å². The Hall–Kier alpha value is -0.160. The zero-order valence-corrected chi connectivity index (χ0v) is 25.2. The summed E-state index contributed by atoms with van der Waals surface area (Å²) in [6, 6.07) is 0. The summed E-state index contributed by atoms with van der Waals surface area (Å²) >= 11 is 0. The van der Waals surface area contributed by atoms with Crippen molar-refractivity contribution < 1.29 is 9.47 Å². The molecule has 4 heteroatoms. The van der Waals surface area contributed by atoms with Crippen LogP contribution in [0.15, 0.2) is 0 Å². The van der Waals surface area contributed by atoms with E-state index in [9.17, 15) is 0 Å². The molecule has 0 radical (unpaired) electrons. The molecular weight excluding hydrogens is 456 g/mol. The Bertz CT molecular complexity index is 700. The quantitative estimate of drug-likeness (QED) is 0.253. The molecule has 4 fully saturated rings. The zero-order chi connectivity index (χ0) is 26.6. The van der Waals surface area contributed by atoms with Crippen LogP contribution in [-0.2, 0) is 9.47 Å². The topological polar surface area (TPSA) is 70.5 Å². The van der Waals surface area contributed by atoms with E-state index in [1.807, 2.05) is 0 Å². The van der Waals surface area contributed by atoms with Gasteiger partial charge in [0.15, 0.2) is 0 Å². The maximum atomic E-state index is 6.76. The van der Waals surface area contributed by atoms with Crippen LogP contribution in [-0.4, -0.2) is 38.5 Å². The molecule has 0 aromatic heterocycles. The molecule has 0 bridgehead atoms. The van der Waals surface area contributed by atoms with E-state index in [0.29, 0.717) is 30.7 Å². The molecule has 0 spiro atoms. The van der Waals surface area contributed by atoms with Crippen LogP contribution in [0, 0.1) is 52.3 Å². The number of ether oxygens (including phenoxy) is 2. The first-order chi connectivity index (χ1) is 17.8. The summed E-state index contributed by atoms with van der Waals surface area (Å²) in [6.45, 7) is 15.7. The van der Waals surface area contributed by atoms with Crippen LogP contribution in [0.5, 0.6) is 0 Å². The normalized spacial score (nSPS) is 42.3. The predicted octanol–water partition coefficient (Wildman–Crippen LogP) is 7.19. The van der Waals surface area contributed by atoms with Crippen molar-refractivity contribution in [2.45, 2.75) is 130 Å². The third kappa shape index (κ3) is 6.13. The first-order valence-corrected chi connectivity index (χ1v) is 16.4. The van der Waals surface area contributed by atoms with E-state index in [1.165, 1.54) is 64.2 Å². The second-order valence-corrected chi connectivity index (χ2v) is 14.7. The fraction of sp³-hybridized carbons (Fsp3) is 1.00. The molecule has 0 amide bonds. The van der Waals surface area contributed by atoms with E-state index in [0.717, 1.165) is 73.9 Å². The van der Waals surface area contributed by atoms with Crippen LogP contribution >= 0.6 is 0 Å². The molecule has 0 aliphatic heterocycles. The van der Waals surface area contributed by atoms with Crippen molar-refractivity contribution in [3.8, 4) is 0 Å². The lowest BCUT2D eigenvalue weighted by atomic mass is 9.43. The molecule has 216 valence electrons. The fourth-order valence-electron chi connectivity index (χ4n) is 10.3. The molecular formula is C33H62N2O2. The lowest BCUT2D eigenvalue weighted by molar-refractivity contribution is -0.203. The molecule has 0 aromatic rings. The van der Waals surface area contributed by atoms with E-state index < -0.39 is 0 Å². The Labute approximate surface area is 229 Å². The van der Waals surface area contributed by atoms with Gasteiger partial charge in [-0.2, -0.15) is 0 Å². The fourth-order valence-corrected chi connectivity index (χ4v) is 10.3. The molecule has 0 aromatic carbocycles. The van der Waals surface area contributed by atoms with Gasteiger partial charge in [-0.15, -0.1) is 0 Å². The summed E-state index contributed by atoms with van der Waals surface area (Å²) in [5.41, 5.74) is 12.5. The van der Waals surface area contributed by atoms with Crippen LogP contribution in [0.25, 0.3) is 0 Å². The van der Waals surface area contributed by atoms with Gasteiger partial charge < -0.3 is 20.9 Å².